The van der Waals surface area contributed by atoms with E-state index in [0.717, 1.165) is 21.5 Å². The van der Waals surface area contributed by atoms with Gasteiger partial charge in [0.15, 0.2) is 0 Å². The first-order valence-electron chi connectivity index (χ1n) is 8.94. The van der Waals surface area contributed by atoms with Gasteiger partial charge in [0.2, 0.25) is 0 Å². The maximum atomic E-state index is 13.4. The molecule has 1 aromatic carbocycles. The van der Waals surface area contributed by atoms with Gasteiger partial charge in [0.25, 0.3) is 5.91 Å². The molecule has 0 radical (unpaired) electrons. The van der Waals surface area contributed by atoms with Gasteiger partial charge < -0.3 is 10.0 Å². The number of para-hydroxylation sites is 1. The van der Waals surface area contributed by atoms with Crippen LogP contribution in [0.4, 0.5) is 0 Å². The minimum atomic E-state index is -0.896. The Labute approximate surface area is 161 Å². The van der Waals surface area contributed by atoms with Gasteiger partial charge in [0, 0.05) is 18.5 Å². The van der Waals surface area contributed by atoms with Gasteiger partial charge in [-0.3, -0.25) is 9.59 Å². The molecular weight excluding hydrogens is 360 g/mol. The molecule has 0 spiro atoms. The summed E-state index contributed by atoms with van der Waals surface area (Å²) in [5.41, 5.74) is 1.22. The minimum Gasteiger partial charge on any atom is -0.481 e. The van der Waals surface area contributed by atoms with Crippen molar-refractivity contribution in [3.8, 4) is 10.6 Å². The van der Waals surface area contributed by atoms with Crippen molar-refractivity contribution in [3.05, 3.63) is 53.4 Å². The van der Waals surface area contributed by atoms with E-state index in [9.17, 15) is 14.7 Å². The summed E-state index contributed by atoms with van der Waals surface area (Å²) in [5.74, 6) is -0.975. The van der Waals surface area contributed by atoms with E-state index in [-0.39, 0.29) is 12.5 Å². The highest BCUT2D eigenvalue weighted by molar-refractivity contribution is 7.13. The van der Waals surface area contributed by atoms with Crippen molar-refractivity contribution in [1.29, 1.82) is 0 Å². The molecule has 5 nitrogen and oxygen atoms in total. The molecule has 1 amide bonds. The average Bonchev–Trinajstić information content (AvgIpc) is 3.21. The Kier molecular flexibility index (Phi) is 4.44. The van der Waals surface area contributed by atoms with Crippen LogP contribution < -0.4 is 0 Å². The lowest BCUT2D eigenvalue weighted by Crippen LogP contribution is -2.48. The third-order valence-corrected chi connectivity index (χ3v) is 6.11. The Hall–Kier alpha value is -2.73. The molecule has 1 atom stereocenters. The van der Waals surface area contributed by atoms with E-state index in [1.54, 1.807) is 23.2 Å². The maximum absolute atomic E-state index is 13.4. The highest BCUT2D eigenvalue weighted by atomic mass is 32.1. The van der Waals surface area contributed by atoms with Crippen molar-refractivity contribution in [2.45, 2.75) is 19.8 Å². The Balaban J connectivity index is 1.78. The van der Waals surface area contributed by atoms with Crippen molar-refractivity contribution in [2.75, 3.05) is 13.1 Å². The van der Waals surface area contributed by atoms with Crippen LogP contribution in [0, 0.1) is 5.41 Å². The van der Waals surface area contributed by atoms with Crippen LogP contribution in [0.2, 0.25) is 0 Å². The van der Waals surface area contributed by atoms with E-state index < -0.39 is 11.4 Å². The Morgan fingerprint density at radius 3 is 2.78 bits per heavy atom. The maximum Gasteiger partial charge on any atom is 0.311 e. The van der Waals surface area contributed by atoms with E-state index in [0.29, 0.717) is 24.9 Å². The molecule has 1 aliphatic rings. The summed E-state index contributed by atoms with van der Waals surface area (Å²) in [7, 11) is 0. The Morgan fingerprint density at radius 1 is 1.22 bits per heavy atom. The molecule has 1 unspecified atom stereocenters. The van der Waals surface area contributed by atoms with Crippen molar-refractivity contribution in [1.82, 2.24) is 9.88 Å². The predicted octanol–water partition coefficient (Wildman–Crippen LogP) is 4.29. The first-order chi connectivity index (χ1) is 13.0. The topological polar surface area (TPSA) is 70.5 Å². The summed E-state index contributed by atoms with van der Waals surface area (Å²) in [6.07, 6.45) is 1.28. The highest BCUT2D eigenvalue weighted by Gasteiger charge is 2.39. The molecule has 3 aromatic rings. The second kappa shape index (κ2) is 6.78. The Bertz CT molecular complexity index is 1020. The van der Waals surface area contributed by atoms with Crippen molar-refractivity contribution in [3.63, 3.8) is 0 Å². The monoisotopic (exact) mass is 380 g/mol. The summed E-state index contributed by atoms with van der Waals surface area (Å²) in [4.78, 5) is 32.4. The zero-order valence-corrected chi connectivity index (χ0v) is 15.8. The van der Waals surface area contributed by atoms with Gasteiger partial charge in [-0.2, -0.15) is 0 Å². The second-order valence-corrected chi connectivity index (χ2v) is 8.19. The third-order valence-electron chi connectivity index (χ3n) is 5.22. The number of rotatable bonds is 3. The van der Waals surface area contributed by atoms with E-state index in [4.69, 9.17) is 4.98 Å². The minimum absolute atomic E-state index is 0.126. The van der Waals surface area contributed by atoms with Gasteiger partial charge in [0.1, 0.15) is 0 Å². The van der Waals surface area contributed by atoms with Crippen LogP contribution in [-0.4, -0.2) is 40.0 Å². The lowest BCUT2D eigenvalue weighted by Gasteiger charge is -2.37. The summed E-state index contributed by atoms with van der Waals surface area (Å²) < 4.78 is 0. The molecule has 0 aliphatic carbocycles. The lowest BCUT2D eigenvalue weighted by atomic mass is 9.82. The summed E-state index contributed by atoms with van der Waals surface area (Å²) in [6.45, 7) is 2.52. The van der Waals surface area contributed by atoms with Crippen LogP contribution in [0.25, 0.3) is 21.5 Å². The number of hydrogen-bond acceptors (Lipinski definition) is 4. The molecular formula is C21H20N2O3S. The van der Waals surface area contributed by atoms with E-state index >= 15 is 0 Å². The van der Waals surface area contributed by atoms with Crippen LogP contribution in [0.3, 0.4) is 0 Å². The number of benzene rings is 1. The number of hydrogen-bond donors (Lipinski definition) is 1. The number of likely N-dealkylation sites (tertiary alicyclic amines) is 1. The first kappa shape index (κ1) is 17.7. The fourth-order valence-corrected chi connectivity index (χ4v) is 4.35. The summed E-state index contributed by atoms with van der Waals surface area (Å²) in [5, 5.41) is 12.3. The molecule has 1 fully saturated rings. The van der Waals surface area contributed by atoms with Crippen molar-refractivity contribution < 1.29 is 14.7 Å². The SMILES string of the molecule is CC1(C(=O)O)CCCN(C(=O)c2cc(-c3cccs3)nc3ccccc23)C1. The highest BCUT2D eigenvalue weighted by Crippen LogP contribution is 2.33. The largest absolute Gasteiger partial charge is 0.481 e. The van der Waals surface area contributed by atoms with Gasteiger partial charge in [-0.15, -0.1) is 11.3 Å². The Morgan fingerprint density at radius 2 is 2.04 bits per heavy atom. The normalized spacial score (nSPS) is 20.0. The molecule has 1 saturated heterocycles. The summed E-state index contributed by atoms with van der Waals surface area (Å²) in [6, 6.07) is 13.4. The van der Waals surface area contributed by atoms with Crippen molar-refractivity contribution in [2.24, 2.45) is 5.41 Å². The smallest absolute Gasteiger partial charge is 0.311 e. The molecule has 1 aliphatic heterocycles. The average molecular weight is 380 g/mol. The number of piperidine rings is 1. The molecule has 2 aromatic heterocycles. The van der Waals surface area contributed by atoms with E-state index in [2.05, 4.69) is 0 Å². The zero-order valence-electron chi connectivity index (χ0n) is 15.0. The van der Waals surface area contributed by atoms with Crippen molar-refractivity contribution >= 4 is 34.1 Å². The molecule has 0 bridgehead atoms. The number of nitrogens with zero attached hydrogens (tertiary/aromatic N) is 2. The molecule has 0 saturated carbocycles. The quantitative estimate of drug-likeness (QED) is 0.736. The fourth-order valence-electron chi connectivity index (χ4n) is 3.66. The number of pyridine rings is 1. The second-order valence-electron chi connectivity index (χ2n) is 7.25. The number of carbonyl (C=O) groups excluding carboxylic acids is 1. The number of carboxylic acids is 1. The predicted molar refractivity (Wildman–Crippen MR) is 106 cm³/mol. The van der Waals surface area contributed by atoms with E-state index in [1.165, 1.54) is 0 Å². The molecule has 6 heteroatoms. The number of thiophene rings is 1. The number of aromatic nitrogens is 1. The zero-order chi connectivity index (χ0) is 19.0. The van der Waals surface area contributed by atoms with E-state index in [1.807, 2.05) is 47.8 Å². The first-order valence-corrected chi connectivity index (χ1v) is 9.82. The number of carboxylic acid groups (broad SMARTS) is 1. The van der Waals surface area contributed by atoms with Crippen LogP contribution in [0.15, 0.2) is 47.8 Å². The van der Waals surface area contributed by atoms with Gasteiger partial charge in [0.05, 0.1) is 27.1 Å². The number of carbonyl (C=O) groups is 2. The number of amides is 1. The molecule has 4 rings (SSSR count). The fraction of sp³-hybridized carbons (Fsp3) is 0.286. The molecule has 138 valence electrons. The van der Waals surface area contributed by atoms with Gasteiger partial charge >= 0.3 is 5.97 Å². The van der Waals surface area contributed by atoms with Crippen LogP contribution in [-0.2, 0) is 4.79 Å². The summed E-state index contributed by atoms with van der Waals surface area (Å²) >= 11 is 1.58. The third kappa shape index (κ3) is 3.21. The van der Waals surface area contributed by atoms with Crippen LogP contribution >= 0.6 is 11.3 Å². The van der Waals surface area contributed by atoms with Gasteiger partial charge in [-0.25, -0.2) is 4.98 Å². The van der Waals surface area contributed by atoms with Gasteiger partial charge in [-0.1, -0.05) is 24.3 Å². The number of aliphatic carboxylic acids is 1. The standard InChI is InChI=1S/C21H20N2O3S/c1-21(20(25)26)9-5-10-23(13-21)19(24)15-12-17(18-8-4-11-27-18)22-16-7-3-2-6-14(15)16/h2-4,6-8,11-12H,5,9-10,13H2,1H3,(H,25,26). The van der Waals surface area contributed by atoms with Crippen LogP contribution in [0.5, 0.6) is 0 Å². The lowest BCUT2D eigenvalue weighted by molar-refractivity contribution is -0.150. The molecule has 27 heavy (non-hydrogen) atoms. The number of fused-ring (bicyclic) bond motifs is 1. The molecule has 1 N–H and O–H groups in total. The van der Waals surface area contributed by atoms with Crippen LogP contribution in [0.1, 0.15) is 30.1 Å². The van der Waals surface area contributed by atoms with Gasteiger partial charge in [-0.05, 0) is 43.3 Å². The molecule has 3 heterocycles.